The minimum Gasteiger partial charge on any atom is -0.507 e. The number of hydrogen-bond donors (Lipinski definition) is 2. The molecular weight excluding hydrogens is 368 g/mol. The normalized spacial score (nSPS) is 11.4. The van der Waals surface area contributed by atoms with E-state index in [-0.39, 0.29) is 5.75 Å². The molecule has 0 spiro atoms. The van der Waals surface area contributed by atoms with Crippen LogP contribution >= 0.6 is 23.8 Å². The predicted octanol–water partition coefficient (Wildman–Crippen LogP) is 5.00. The zero-order valence-electron chi connectivity index (χ0n) is 13.4. The summed E-state index contributed by atoms with van der Waals surface area (Å²) >= 11 is 11.4. The zero-order chi connectivity index (χ0) is 18.1. The summed E-state index contributed by atoms with van der Waals surface area (Å²) in [6, 6.07) is 18.6. The Hall–Kier alpha value is -2.96. The lowest BCUT2D eigenvalue weighted by Gasteiger charge is -2.05. The average molecular weight is 381 g/mol. The molecule has 0 saturated heterocycles. The third-order valence-corrected chi connectivity index (χ3v) is 4.48. The fraction of sp³-hybridized carbons (Fsp3) is 0. The second-order valence-electron chi connectivity index (χ2n) is 5.64. The fourth-order valence-electron chi connectivity index (χ4n) is 2.75. The van der Waals surface area contributed by atoms with Crippen molar-refractivity contribution in [2.75, 3.05) is 0 Å². The van der Waals surface area contributed by atoms with E-state index in [0.717, 1.165) is 16.3 Å². The van der Waals surface area contributed by atoms with E-state index in [2.05, 4.69) is 15.3 Å². The summed E-state index contributed by atoms with van der Waals surface area (Å²) in [7, 11) is 0. The van der Waals surface area contributed by atoms with E-state index in [1.54, 1.807) is 24.4 Å². The maximum Gasteiger partial charge on any atom is 0.216 e. The Kier molecular flexibility index (Phi) is 4.28. The van der Waals surface area contributed by atoms with Crippen LogP contribution in [0.15, 0.2) is 65.8 Å². The minimum absolute atomic E-state index is 0.145. The molecule has 4 aromatic rings. The van der Waals surface area contributed by atoms with Crippen molar-refractivity contribution in [2.45, 2.75) is 0 Å². The molecule has 0 radical (unpaired) electrons. The van der Waals surface area contributed by atoms with Gasteiger partial charge >= 0.3 is 0 Å². The SMILES string of the molecule is Oc1ccc2ccccc2c1/C=N/n1c(-c2cccc(Cl)c2)n[nH]c1=S. The third-order valence-electron chi connectivity index (χ3n) is 3.98. The molecule has 7 heteroatoms. The highest BCUT2D eigenvalue weighted by Crippen LogP contribution is 2.26. The largest absolute Gasteiger partial charge is 0.507 e. The number of rotatable bonds is 3. The summed E-state index contributed by atoms with van der Waals surface area (Å²) in [5.74, 6) is 0.681. The van der Waals surface area contributed by atoms with Crippen molar-refractivity contribution in [3.63, 3.8) is 0 Å². The highest BCUT2D eigenvalue weighted by molar-refractivity contribution is 7.71. The van der Waals surface area contributed by atoms with Gasteiger partial charge in [-0.2, -0.15) is 14.9 Å². The van der Waals surface area contributed by atoms with Gasteiger partial charge in [0.15, 0.2) is 5.82 Å². The number of nitrogens with one attached hydrogen (secondary N) is 1. The van der Waals surface area contributed by atoms with Crippen molar-refractivity contribution in [1.82, 2.24) is 14.9 Å². The Morgan fingerprint density at radius 2 is 1.96 bits per heavy atom. The molecule has 4 rings (SSSR count). The molecule has 5 nitrogen and oxygen atoms in total. The Balaban J connectivity index is 1.83. The van der Waals surface area contributed by atoms with Crippen molar-refractivity contribution in [1.29, 1.82) is 0 Å². The van der Waals surface area contributed by atoms with Gasteiger partial charge in [-0.05, 0) is 41.2 Å². The molecule has 0 fully saturated rings. The molecule has 0 bridgehead atoms. The highest BCUT2D eigenvalue weighted by atomic mass is 35.5. The van der Waals surface area contributed by atoms with E-state index in [9.17, 15) is 5.11 Å². The van der Waals surface area contributed by atoms with Crippen molar-refractivity contribution in [3.05, 3.63) is 76.0 Å². The van der Waals surface area contributed by atoms with Crippen LogP contribution in [0.3, 0.4) is 0 Å². The smallest absolute Gasteiger partial charge is 0.216 e. The highest BCUT2D eigenvalue weighted by Gasteiger charge is 2.09. The molecule has 26 heavy (non-hydrogen) atoms. The van der Waals surface area contributed by atoms with E-state index < -0.39 is 0 Å². The molecule has 0 unspecified atom stereocenters. The van der Waals surface area contributed by atoms with Gasteiger partial charge in [0, 0.05) is 16.1 Å². The first-order chi connectivity index (χ1) is 12.6. The summed E-state index contributed by atoms with van der Waals surface area (Å²) in [6.45, 7) is 0. The van der Waals surface area contributed by atoms with Crippen LogP contribution in [0, 0.1) is 4.77 Å². The molecular formula is C19H13ClN4OS. The number of phenolic OH excluding ortho intramolecular Hbond substituents is 1. The standard InChI is InChI=1S/C19H13ClN4OS/c20-14-6-3-5-13(10-14)18-22-23-19(26)24(18)21-11-16-15-7-2-1-4-12(15)8-9-17(16)25/h1-11,25H,(H,23,26)/b21-11+. The number of benzene rings is 3. The van der Waals surface area contributed by atoms with Crippen LogP contribution in [0.25, 0.3) is 22.2 Å². The predicted molar refractivity (Wildman–Crippen MR) is 106 cm³/mol. The Labute approximate surface area is 159 Å². The second-order valence-corrected chi connectivity index (χ2v) is 6.46. The van der Waals surface area contributed by atoms with Gasteiger partial charge in [0.1, 0.15) is 5.75 Å². The molecule has 0 atom stereocenters. The first kappa shape index (κ1) is 16.5. The Morgan fingerprint density at radius 3 is 2.81 bits per heavy atom. The molecule has 2 N–H and O–H groups in total. The van der Waals surface area contributed by atoms with Gasteiger partial charge in [-0.15, -0.1) is 0 Å². The fourth-order valence-corrected chi connectivity index (χ4v) is 3.12. The number of halogens is 1. The molecule has 0 aliphatic carbocycles. The number of phenols is 1. The van der Waals surface area contributed by atoms with Crippen LogP contribution in [0.2, 0.25) is 5.02 Å². The summed E-state index contributed by atoms with van der Waals surface area (Å²) in [4.78, 5) is 0. The third kappa shape index (κ3) is 3.00. The zero-order valence-corrected chi connectivity index (χ0v) is 15.0. The summed E-state index contributed by atoms with van der Waals surface area (Å²) < 4.78 is 1.85. The van der Waals surface area contributed by atoms with Crippen molar-refractivity contribution < 1.29 is 5.11 Å². The lowest BCUT2D eigenvalue weighted by atomic mass is 10.0. The molecule has 3 aromatic carbocycles. The number of nitrogens with zero attached hydrogens (tertiary/aromatic N) is 3. The van der Waals surface area contributed by atoms with Gasteiger partial charge in [0.05, 0.1) is 6.21 Å². The molecule has 0 saturated carbocycles. The summed E-state index contributed by atoms with van der Waals surface area (Å²) in [5, 5.41) is 24.2. The lowest BCUT2D eigenvalue weighted by molar-refractivity contribution is 0.475. The molecule has 128 valence electrons. The molecule has 1 aromatic heterocycles. The molecule has 0 amide bonds. The van der Waals surface area contributed by atoms with E-state index in [1.165, 1.54) is 4.68 Å². The van der Waals surface area contributed by atoms with Gasteiger partial charge in [-0.3, -0.25) is 0 Å². The maximum absolute atomic E-state index is 10.3. The quantitative estimate of drug-likeness (QED) is 0.388. The van der Waals surface area contributed by atoms with Gasteiger partial charge in [-0.25, -0.2) is 5.10 Å². The Morgan fingerprint density at radius 1 is 1.12 bits per heavy atom. The van der Waals surface area contributed by atoms with Crippen LogP contribution in [0.5, 0.6) is 5.75 Å². The van der Waals surface area contributed by atoms with Crippen molar-refractivity contribution in [2.24, 2.45) is 5.10 Å². The van der Waals surface area contributed by atoms with Crippen LogP contribution in [-0.2, 0) is 0 Å². The summed E-state index contributed by atoms with van der Waals surface area (Å²) in [5.41, 5.74) is 1.40. The average Bonchev–Trinajstić information content (AvgIpc) is 3.01. The number of H-pyrrole nitrogens is 1. The Bertz CT molecular complexity index is 1200. The molecule has 0 aliphatic rings. The summed E-state index contributed by atoms with van der Waals surface area (Å²) in [6.07, 6.45) is 1.58. The van der Waals surface area contributed by atoms with Crippen LogP contribution in [0.4, 0.5) is 0 Å². The minimum atomic E-state index is 0.145. The number of aromatic hydroxyl groups is 1. The van der Waals surface area contributed by atoms with E-state index in [1.807, 2.05) is 42.5 Å². The first-order valence-corrected chi connectivity index (χ1v) is 8.60. The number of fused-ring (bicyclic) bond motifs is 1. The second kappa shape index (κ2) is 6.74. The number of hydrogen-bond acceptors (Lipinski definition) is 4. The van der Waals surface area contributed by atoms with E-state index in [0.29, 0.717) is 21.2 Å². The van der Waals surface area contributed by atoms with Gasteiger partial charge in [0.25, 0.3) is 0 Å². The van der Waals surface area contributed by atoms with Crippen LogP contribution < -0.4 is 0 Å². The van der Waals surface area contributed by atoms with E-state index in [4.69, 9.17) is 23.8 Å². The van der Waals surface area contributed by atoms with Crippen LogP contribution in [-0.4, -0.2) is 26.2 Å². The monoisotopic (exact) mass is 380 g/mol. The number of aromatic amines is 1. The van der Waals surface area contributed by atoms with E-state index >= 15 is 0 Å². The van der Waals surface area contributed by atoms with Gasteiger partial charge in [-0.1, -0.05) is 54.1 Å². The van der Waals surface area contributed by atoms with Gasteiger partial charge in [0.2, 0.25) is 4.77 Å². The lowest BCUT2D eigenvalue weighted by Crippen LogP contribution is -1.96. The first-order valence-electron chi connectivity index (χ1n) is 7.82. The van der Waals surface area contributed by atoms with Gasteiger partial charge < -0.3 is 5.11 Å². The van der Waals surface area contributed by atoms with Crippen molar-refractivity contribution in [3.8, 4) is 17.1 Å². The molecule has 0 aliphatic heterocycles. The number of aromatic nitrogens is 3. The van der Waals surface area contributed by atoms with Crippen LogP contribution in [0.1, 0.15) is 5.56 Å². The molecule has 1 heterocycles. The maximum atomic E-state index is 10.3. The topological polar surface area (TPSA) is 66.2 Å². The van der Waals surface area contributed by atoms with Crippen molar-refractivity contribution >= 4 is 40.8 Å².